The monoisotopic (exact) mass is 551 g/mol. The van der Waals surface area contributed by atoms with E-state index < -0.39 is 36.0 Å². The number of unbranched alkanes of at least 4 members (excludes halogenated alkanes) is 5. The number of carboxylic acids is 1. The molecule has 39 heavy (non-hydrogen) atoms. The molecule has 0 aliphatic heterocycles. The second-order valence-electron chi connectivity index (χ2n) is 10.9. The number of hydrogen-bond acceptors (Lipinski definition) is 5. The Kier molecular flexibility index (Phi) is 19.5. The van der Waals surface area contributed by atoms with Gasteiger partial charge in [-0.1, -0.05) is 58.6 Å². The lowest BCUT2D eigenvalue weighted by Gasteiger charge is -2.26. The van der Waals surface area contributed by atoms with Crippen molar-refractivity contribution in [3.8, 4) is 0 Å². The summed E-state index contributed by atoms with van der Waals surface area (Å²) >= 11 is 0. The topological polar surface area (TPSA) is 125 Å². The molecular formula is C30H53N3O6. The average molecular weight is 552 g/mol. The zero-order valence-corrected chi connectivity index (χ0v) is 24.9. The largest absolute Gasteiger partial charge is 0.480 e. The molecule has 0 saturated heterocycles. The van der Waals surface area contributed by atoms with Gasteiger partial charge in [-0.2, -0.15) is 0 Å². The first-order valence-corrected chi connectivity index (χ1v) is 14.4. The minimum atomic E-state index is -1.30. The molecule has 0 fully saturated rings. The maximum atomic E-state index is 13.2. The van der Waals surface area contributed by atoms with Crippen LogP contribution in [-0.4, -0.2) is 66.2 Å². The summed E-state index contributed by atoms with van der Waals surface area (Å²) in [4.78, 5) is 51.9. The van der Waals surface area contributed by atoms with Crippen molar-refractivity contribution < 1.29 is 29.0 Å². The highest BCUT2D eigenvalue weighted by molar-refractivity contribution is 5.89. The van der Waals surface area contributed by atoms with Gasteiger partial charge in [0.1, 0.15) is 18.2 Å². The van der Waals surface area contributed by atoms with Gasteiger partial charge in [-0.05, 0) is 57.3 Å². The number of nitrogens with one attached hydrogen (secondary N) is 2. The molecule has 4 unspecified atom stereocenters. The van der Waals surface area contributed by atoms with E-state index in [4.69, 9.17) is 4.74 Å². The van der Waals surface area contributed by atoms with Crippen LogP contribution >= 0.6 is 0 Å². The zero-order valence-electron chi connectivity index (χ0n) is 24.9. The molecule has 0 aromatic rings. The lowest BCUT2D eigenvalue weighted by molar-refractivity contribution is -0.143. The van der Waals surface area contributed by atoms with Crippen LogP contribution in [0.25, 0.3) is 0 Å². The van der Waals surface area contributed by atoms with Crippen LogP contribution in [0.3, 0.4) is 0 Å². The van der Waals surface area contributed by atoms with Gasteiger partial charge in [0.05, 0.1) is 0 Å². The van der Waals surface area contributed by atoms with Gasteiger partial charge in [0.15, 0.2) is 0 Å². The molecule has 0 bridgehead atoms. The molecule has 0 spiro atoms. The Morgan fingerprint density at radius 3 is 2.08 bits per heavy atom. The third kappa shape index (κ3) is 16.7. The predicted octanol–water partition coefficient (Wildman–Crippen LogP) is 5.45. The van der Waals surface area contributed by atoms with Crippen LogP contribution in [0.15, 0.2) is 25.3 Å². The smallest absolute Gasteiger partial charge is 0.408 e. The highest BCUT2D eigenvalue weighted by Gasteiger charge is 2.32. The van der Waals surface area contributed by atoms with Crippen molar-refractivity contribution in [1.29, 1.82) is 0 Å². The molecule has 9 nitrogen and oxygen atoms in total. The number of carbonyl (C=O) groups is 4. The summed E-state index contributed by atoms with van der Waals surface area (Å²) in [5, 5.41) is 15.0. The van der Waals surface area contributed by atoms with E-state index in [1.807, 2.05) is 19.9 Å². The van der Waals surface area contributed by atoms with Gasteiger partial charge in [0, 0.05) is 20.0 Å². The van der Waals surface area contributed by atoms with Crippen molar-refractivity contribution >= 4 is 23.9 Å². The van der Waals surface area contributed by atoms with Crippen LogP contribution in [-0.2, 0) is 19.1 Å². The van der Waals surface area contributed by atoms with Crippen LogP contribution in [0.5, 0.6) is 0 Å². The van der Waals surface area contributed by atoms with E-state index in [0.29, 0.717) is 12.8 Å². The number of nitrogens with zero attached hydrogens (tertiary/aromatic N) is 1. The van der Waals surface area contributed by atoms with Gasteiger partial charge >= 0.3 is 12.1 Å². The maximum Gasteiger partial charge on any atom is 0.408 e. The van der Waals surface area contributed by atoms with Crippen LogP contribution < -0.4 is 10.6 Å². The Bertz CT molecular complexity index is 768. The number of allylic oxidation sites excluding steroid dienone is 2. The fourth-order valence-electron chi connectivity index (χ4n) is 4.40. The number of amides is 3. The molecule has 0 aliphatic rings. The first kappa shape index (κ1) is 36.2. The Hall–Kier alpha value is -2.84. The van der Waals surface area contributed by atoms with Gasteiger partial charge < -0.3 is 25.4 Å². The van der Waals surface area contributed by atoms with E-state index in [0.717, 1.165) is 44.9 Å². The Labute approximate surface area is 235 Å². The lowest BCUT2D eigenvalue weighted by atomic mass is 9.94. The number of hydrogen-bond donors (Lipinski definition) is 3. The third-order valence-corrected chi connectivity index (χ3v) is 6.53. The number of carboxylic acid groups (broad SMARTS) is 1. The van der Waals surface area contributed by atoms with Gasteiger partial charge in [-0.3, -0.25) is 9.59 Å². The Balaban J connectivity index is 5.41. The molecule has 3 N–H and O–H groups in total. The van der Waals surface area contributed by atoms with E-state index in [1.165, 1.54) is 11.3 Å². The molecule has 0 heterocycles. The van der Waals surface area contributed by atoms with Crippen LogP contribution in [0, 0.1) is 11.8 Å². The first-order chi connectivity index (χ1) is 18.5. The van der Waals surface area contributed by atoms with Crippen LogP contribution in [0.4, 0.5) is 4.79 Å². The number of alkyl carbamates (subject to hydrolysis) is 1. The Morgan fingerprint density at radius 2 is 1.54 bits per heavy atom. The van der Waals surface area contributed by atoms with Gasteiger partial charge in [0.2, 0.25) is 11.8 Å². The fourth-order valence-corrected chi connectivity index (χ4v) is 4.40. The number of aliphatic carboxylic acids is 1. The highest BCUT2D eigenvalue weighted by atomic mass is 16.6. The summed E-state index contributed by atoms with van der Waals surface area (Å²) in [5.74, 6) is -2.71. The summed E-state index contributed by atoms with van der Waals surface area (Å²) in [6.07, 6.45) is 11.6. The zero-order chi connectivity index (χ0) is 29.8. The van der Waals surface area contributed by atoms with Crippen molar-refractivity contribution in [3.63, 3.8) is 0 Å². The minimum absolute atomic E-state index is 0.0510. The SMILES string of the molecule is C=CCCCC(CCCCCCC)OC(=O)NC(CC(C)C)C(=O)NC(CC(CC=C)C(=O)N(C)C)C(=O)O. The van der Waals surface area contributed by atoms with Crippen molar-refractivity contribution in [2.24, 2.45) is 11.8 Å². The Morgan fingerprint density at radius 1 is 0.897 bits per heavy atom. The minimum Gasteiger partial charge on any atom is -0.480 e. The van der Waals surface area contributed by atoms with Crippen LogP contribution in [0.2, 0.25) is 0 Å². The summed E-state index contributed by atoms with van der Waals surface area (Å²) in [7, 11) is 3.19. The first-order valence-electron chi connectivity index (χ1n) is 14.4. The van der Waals surface area contributed by atoms with Gasteiger partial charge in [0.25, 0.3) is 0 Å². The molecule has 9 heteroatoms. The van der Waals surface area contributed by atoms with E-state index in [-0.39, 0.29) is 30.8 Å². The third-order valence-electron chi connectivity index (χ3n) is 6.53. The molecule has 0 aliphatic carbocycles. The molecule has 0 aromatic heterocycles. The molecular weight excluding hydrogens is 498 g/mol. The van der Waals surface area contributed by atoms with Crippen molar-refractivity contribution in [2.75, 3.05) is 14.1 Å². The van der Waals surface area contributed by atoms with Crippen molar-refractivity contribution in [2.45, 2.75) is 116 Å². The quantitative estimate of drug-likeness (QED) is 0.121. The molecule has 0 rings (SSSR count). The standard InChI is InChI=1S/C30H53N3O6/c1-8-11-13-14-16-19-24(18-15-12-9-2)39-30(38)32-25(20-22(4)5)27(34)31-26(29(36)37)21-23(17-10-3)28(35)33(6)7/h9-10,22-26H,2-3,8,11-21H2,1,4-7H3,(H,31,34)(H,32,38)(H,36,37). The fraction of sp³-hybridized carbons (Fsp3) is 0.733. The number of rotatable bonds is 22. The molecule has 3 amide bonds. The lowest BCUT2D eigenvalue weighted by Crippen LogP contribution is -2.53. The van der Waals surface area contributed by atoms with Crippen LogP contribution in [0.1, 0.15) is 97.8 Å². The summed E-state index contributed by atoms with van der Waals surface area (Å²) in [5.41, 5.74) is 0. The summed E-state index contributed by atoms with van der Waals surface area (Å²) < 4.78 is 5.73. The van der Waals surface area contributed by atoms with Crippen molar-refractivity contribution in [3.05, 3.63) is 25.3 Å². The molecule has 224 valence electrons. The molecule has 0 aromatic carbocycles. The number of carbonyl (C=O) groups excluding carboxylic acids is 3. The number of ether oxygens (including phenoxy) is 1. The van der Waals surface area contributed by atoms with E-state index in [1.54, 1.807) is 20.2 Å². The highest BCUT2D eigenvalue weighted by Crippen LogP contribution is 2.17. The van der Waals surface area contributed by atoms with Crippen molar-refractivity contribution in [1.82, 2.24) is 15.5 Å². The van der Waals surface area contributed by atoms with E-state index >= 15 is 0 Å². The van der Waals surface area contributed by atoms with E-state index in [9.17, 15) is 24.3 Å². The van der Waals surface area contributed by atoms with Gasteiger partial charge in [-0.25, -0.2) is 9.59 Å². The maximum absolute atomic E-state index is 13.2. The summed E-state index contributed by atoms with van der Waals surface area (Å²) in [6.45, 7) is 13.4. The molecule has 0 saturated carbocycles. The summed E-state index contributed by atoms with van der Waals surface area (Å²) in [6, 6.07) is -2.27. The predicted molar refractivity (Wildman–Crippen MR) is 155 cm³/mol. The normalized spacial score (nSPS) is 14.0. The second kappa shape index (κ2) is 21.0. The molecule has 4 atom stereocenters. The van der Waals surface area contributed by atoms with E-state index in [2.05, 4.69) is 30.7 Å². The molecule has 0 radical (unpaired) electrons. The second-order valence-corrected chi connectivity index (χ2v) is 10.9. The van der Waals surface area contributed by atoms with Gasteiger partial charge in [-0.15, -0.1) is 13.2 Å². The average Bonchev–Trinajstić information content (AvgIpc) is 2.86.